The van der Waals surface area contributed by atoms with Crippen LogP contribution in [0.15, 0.2) is 53.0 Å². The van der Waals surface area contributed by atoms with Crippen molar-refractivity contribution in [3.8, 4) is 22.6 Å². The average Bonchev–Trinajstić information content (AvgIpc) is 3.39. The minimum Gasteiger partial charge on any atom is -0.378 e. The third-order valence-corrected chi connectivity index (χ3v) is 7.07. The summed E-state index contributed by atoms with van der Waals surface area (Å²) in [6.07, 6.45) is 0. The summed E-state index contributed by atoms with van der Waals surface area (Å²) in [6.45, 7) is 0. The fourth-order valence-electron chi connectivity index (χ4n) is 3.05. The van der Waals surface area contributed by atoms with Gasteiger partial charge in [0.05, 0.1) is 16.5 Å². The van der Waals surface area contributed by atoms with Crippen LogP contribution in [0.4, 0.5) is 10.8 Å². The number of halogens is 2. The Labute approximate surface area is 209 Å². The van der Waals surface area contributed by atoms with Crippen molar-refractivity contribution in [2.24, 2.45) is 7.05 Å². The number of aromatic nitrogens is 4. The summed E-state index contributed by atoms with van der Waals surface area (Å²) in [5, 5.41) is 15.5. The zero-order valence-corrected chi connectivity index (χ0v) is 21.2. The highest BCUT2D eigenvalue weighted by Gasteiger charge is 2.15. The van der Waals surface area contributed by atoms with Gasteiger partial charge in [0.2, 0.25) is 5.91 Å². The molecule has 4 aromatic rings. The van der Waals surface area contributed by atoms with Gasteiger partial charge in [-0.3, -0.25) is 4.79 Å². The van der Waals surface area contributed by atoms with Crippen molar-refractivity contribution < 1.29 is 4.79 Å². The standard InChI is InChI=1S/C22H20Cl2N6OS2/c1-29(2)15-6-4-5-13(9-15)20-27-28-22(30(20)3)33-12-19(31)26-21-25-18(11-32-21)16-8-7-14(23)10-17(16)24/h4-11H,12H2,1-3H3,(H,25,26,31). The summed E-state index contributed by atoms with van der Waals surface area (Å²) in [5.74, 6) is 0.744. The topological polar surface area (TPSA) is 75.9 Å². The second-order valence-electron chi connectivity index (χ2n) is 7.31. The highest BCUT2D eigenvalue weighted by atomic mass is 35.5. The van der Waals surface area contributed by atoms with Crippen LogP contribution in [0.1, 0.15) is 0 Å². The first-order chi connectivity index (χ1) is 15.8. The van der Waals surface area contributed by atoms with Crippen LogP contribution in [-0.2, 0) is 11.8 Å². The van der Waals surface area contributed by atoms with Crippen LogP contribution >= 0.6 is 46.3 Å². The molecular formula is C22H20Cl2N6OS2. The Balaban J connectivity index is 1.39. The van der Waals surface area contributed by atoms with Gasteiger partial charge in [-0.15, -0.1) is 21.5 Å². The van der Waals surface area contributed by atoms with Crippen molar-refractivity contribution in [1.82, 2.24) is 19.7 Å². The van der Waals surface area contributed by atoms with Gasteiger partial charge in [-0.25, -0.2) is 4.98 Å². The number of nitrogens with zero attached hydrogens (tertiary/aromatic N) is 5. The van der Waals surface area contributed by atoms with E-state index in [0.29, 0.717) is 26.0 Å². The maximum Gasteiger partial charge on any atom is 0.236 e. The fourth-order valence-corrected chi connectivity index (χ4v) is 5.00. The number of amides is 1. The average molecular weight is 519 g/mol. The number of benzene rings is 2. The van der Waals surface area contributed by atoms with Crippen molar-refractivity contribution in [1.29, 1.82) is 0 Å². The maximum atomic E-state index is 12.5. The number of carbonyl (C=O) groups is 1. The van der Waals surface area contributed by atoms with Gasteiger partial charge in [-0.05, 0) is 30.3 Å². The lowest BCUT2D eigenvalue weighted by Gasteiger charge is -2.13. The molecule has 2 heterocycles. The minimum absolute atomic E-state index is 0.178. The number of thiazole rings is 1. The molecular weight excluding hydrogens is 499 g/mol. The van der Waals surface area contributed by atoms with Crippen LogP contribution < -0.4 is 10.2 Å². The maximum absolute atomic E-state index is 12.5. The molecule has 1 N–H and O–H groups in total. The van der Waals surface area contributed by atoms with Gasteiger partial charge in [0.25, 0.3) is 0 Å². The lowest BCUT2D eigenvalue weighted by atomic mass is 10.2. The fraction of sp³-hybridized carbons (Fsp3) is 0.182. The second kappa shape index (κ2) is 10.1. The summed E-state index contributed by atoms with van der Waals surface area (Å²) in [5.41, 5.74) is 3.48. The first kappa shape index (κ1) is 23.6. The van der Waals surface area contributed by atoms with Crippen molar-refractivity contribution >= 4 is 63.0 Å². The van der Waals surface area contributed by atoms with Gasteiger partial charge in [0.15, 0.2) is 16.1 Å². The lowest BCUT2D eigenvalue weighted by Crippen LogP contribution is -2.14. The van der Waals surface area contributed by atoms with E-state index in [1.165, 1.54) is 23.1 Å². The third kappa shape index (κ3) is 5.50. The summed E-state index contributed by atoms with van der Waals surface area (Å²) in [6, 6.07) is 13.3. The number of hydrogen-bond acceptors (Lipinski definition) is 7. The number of carbonyl (C=O) groups excluding carboxylic acids is 1. The smallest absolute Gasteiger partial charge is 0.236 e. The van der Waals surface area contributed by atoms with E-state index in [0.717, 1.165) is 22.6 Å². The Hall–Kier alpha value is -2.59. The van der Waals surface area contributed by atoms with Gasteiger partial charge < -0.3 is 14.8 Å². The second-order valence-corrected chi connectivity index (χ2v) is 9.95. The molecule has 0 aliphatic carbocycles. The zero-order valence-electron chi connectivity index (χ0n) is 18.0. The number of hydrogen-bond donors (Lipinski definition) is 1. The van der Waals surface area contributed by atoms with Gasteiger partial charge >= 0.3 is 0 Å². The van der Waals surface area contributed by atoms with Gasteiger partial charge in [-0.2, -0.15) is 0 Å². The number of nitrogens with one attached hydrogen (secondary N) is 1. The molecule has 0 saturated carbocycles. The lowest BCUT2D eigenvalue weighted by molar-refractivity contribution is -0.113. The largest absolute Gasteiger partial charge is 0.378 e. The molecule has 0 fully saturated rings. The van der Waals surface area contributed by atoms with Gasteiger partial charge in [-0.1, -0.05) is 47.1 Å². The molecule has 4 rings (SSSR count). The Morgan fingerprint density at radius 1 is 1.18 bits per heavy atom. The summed E-state index contributed by atoms with van der Waals surface area (Å²) < 4.78 is 1.89. The van der Waals surface area contributed by atoms with E-state index in [2.05, 4.69) is 26.6 Å². The van der Waals surface area contributed by atoms with E-state index < -0.39 is 0 Å². The predicted molar refractivity (Wildman–Crippen MR) is 138 cm³/mol. The summed E-state index contributed by atoms with van der Waals surface area (Å²) in [4.78, 5) is 19.0. The van der Waals surface area contributed by atoms with Crippen LogP contribution in [0.3, 0.4) is 0 Å². The van der Waals surface area contributed by atoms with Crippen molar-refractivity contribution in [2.45, 2.75) is 5.16 Å². The molecule has 0 radical (unpaired) electrons. The Morgan fingerprint density at radius 3 is 2.76 bits per heavy atom. The predicted octanol–water partition coefficient (Wildman–Crippen LogP) is 5.71. The highest BCUT2D eigenvalue weighted by molar-refractivity contribution is 7.99. The molecule has 2 aromatic heterocycles. The van der Waals surface area contributed by atoms with Gasteiger partial charge in [0, 0.05) is 48.4 Å². The Bertz CT molecular complexity index is 1300. The quantitative estimate of drug-likeness (QED) is 0.316. The normalized spacial score (nSPS) is 10.9. The Kier molecular flexibility index (Phi) is 7.23. The van der Waals surface area contributed by atoms with E-state index in [9.17, 15) is 4.79 Å². The van der Waals surface area contributed by atoms with Crippen LogP contribution in [0.5, 0.6) is 0 Å². The molecule has 1 amide bonds. The van der Waals surface area contributed by atoms with E-state index in [-0.39, 0.29) is 11.7 Å². The first-order valence-corrected chi connectivity index (χ1v) is 12.4. The number of thioether (sulfide) groups is 1. The molecule has 33 heavy (non-hydrogen) atoms. The number of anilines is 2. The molecule has 0 spiro atoms. The van der Waals surface area contributed by atoms with Gasteiger partial charge in [0.1, 0.15) is 0 Å². The van der Waals surface area contributed by atoms with Crippen molar-refractivity contribution in [3.05, 3.63) is 57.9 Å². The first-order valence-electron chi connectivity index (χ1n) is 9.82. The molecule has 170 valence electrons. The Morgan fingerprint density at radius 2 is 2.00 bits per heavy atom. The van der Waals surface area contributed by atoms with E-state index in [1.807, 2.05) is 54.2 Å². The molecule has 0 aliphatic heterocycles. The van der Waals surface area contributed by atoms with Crippen molar-refractivity contribution in [3.63, 3.8) is 0 Å². The summed E-state index contributed by atoms with van der Waals surface area (Å²) in [7, 11) is 5.87. The van der Waals surface area contributed by atoms with Crippen LogP contribution in [0.25, 0.3) is 22.6 Å². The third-order valence-electron chi connectivity index (χ3n) is 4.75. The SMILES string of the molecule is CN(C)c1cccc(-c2nnc(SCC(=O)Nc3nc(-c4ccc(Cl)cc4Cl)cs3)n2C)c1. The number of rotatable bonds is 7. The van der Waals surface area contributed by atoms with Crippen molar-refractivity contribution in [2.75, 3.05) is 30.1 Å². The highest BCUT2D eigenvalue weighted by Crippen LogP contribution is 2.32. The van der Waals surface area contributed by atoms with E-state index in [1.54, 1.807) is 18.2 Å². The van der Waals surface area contributed by atoms with E-state index >= 15 is 0 Å². The van der Waals surface area contributed by atoms with Crippen LogP contribution in [0, 0.1) is 0 Å². The molecule has 7 nitrogen and oxygen atoms in total. The molecule has 2 aromatic carbocycles. The van der Waals surface area contributed by atoms with Crippen LogP contribution in [-0.4, -0.2) is 45.5 Å². The zero-order chi connectivity index (χ0) is 23.5. The van der Waals surface area contributed by atoms with Crippen LogP contribution in [0.2, 0.25) is 10.0 Å². The molecule has 0 bridgehead atoms. The van der Waals surface area contributed by atoms with E-state index in [4.69, 9.17) is 23.2 Å². The summed E-state index contributed by atoms with van der Waals surface area (Å²) >= 11 is 14.9. The molecule has 0 aliphatic rings. The monoisotopic (exact) mass is 518 g/mol. The molecule has 0 unspecified atom stereocenters. The minimum atomic E-state index is -0.178. The molecule has 0 atom stereocenters. The molecule has 0 saturated heterocycles. The molecule has 11 heteroatoms.